The van der Waals surface area contributed by atoms with Crippen molar-refractivity contribution >= 4 is 26.7 Å². The summed E-state index contributed by atoms with van der Waals surface area (Å²) in [6.45, 7) is 0. The van der Waals surface area contributed by atoms with Crippen LogP contribution in [0.15, 0.2) is 34.8 Å². The Balaban J connectivity index is 2.61. The van der Waals surface area contributed by atoms with Crippen LogP contribution in [0.3, 0.4) is 0 Å². The first kappa shape index (κ1) is 11.0. The lowest BCUT2D eigenvalue weighted by Crippen LogP contribution is -1.88. The molecule has 0 aliphatic carbocycles. The third-order valence-electron chi connectivity index (χ3n) is 2.56. The number of rotatable bonds is 2. The molecular formula is C13H10BrNO. The van der Waals surface area contributed by atoms with E-state index in [0.717, 1.165) is 20.8 Å². The van der Waals surface area contributed by atoms with Gasteiger partial charge < -0.3 is 5.11 Å². The Bertz CT molecular complexity index is 572. The molecule has 0 radical (unpaired) electrons. The average molecular weight is 276 g/mol. The van der Waals surface area contributed by atoms with Crippen molar-refractivity contribution in [2.45, 2.75) is 12.8 Å². The quantitative estimate of drug-likeness (QED) is 0.907. The average Bonchev–Trinajstić information content (AvgIpc) is 2.28. The number of benzene rings is 2. The maximum Gasteiger partial charge on any atom is 0.119 e. The lowest BCUT2D eigenvalue weighted by Gasteiger charge is -2.07. The number of halogens is 1. The van der Waals surface area contributed by atoms with E-state index in [0.29, 0.717) is 12.8 Å². The van der Waals surface area contributed by atoms with Crippen molar-refractivity contribution in [3.8, 4) is 11.8 Å². The Kier molecular flexibility index (Phi) is 3.12. The van der Waals surface area contributed by atoms with Gasteiger partial charge in [-0.05, 0) is 35.4 Å². The van der Waals surface area contributed by atoms with Crippen molar-refractivity contribution in [1.82, 2.24) is 0 Å². The molecule has 0 aromatic heterocycles. The number of aryl methyl sites for hydroxylation is 1. The predicted octanol–water partition coefficient (Wildman–Crippen LogP) is 3.76. The molecule has 80 valence electrons. The fourth-order valence-corrected chi connectivity index (χ4v) is 2.18. The lowest BCUT2D eigenvalue weighted by atomic mass is 10.00. The van der Waals surface area contributed by atoms with Crippen LogP contribution >= 0.6 is 15.9 Å². The highest BCUT2D eigenvalue weighted by Crippen LogP contribution is 2.30. The zero-order valence-corrected chi connectivity index (χ0v) is 10.2. The molecule has 0 fully saturated rings. The number of nitriles is 1. The van der Waals surface area contributed by atoms with E-state index >= 15 is 0 Å². The number of phenolic OH excluding ortho intramolecular Hbond substituents is 1. The van der Waals surface area contributed by atoms with Crippen LogP contribution in [0.2, 0.25) is 0 Å². The van der Waals surface area contributed by atoms with Gasteiger partial charge in [-0.3, -0.25) is 0 Å². The maximum absolute atomic E-state index is 9.78. The molecule has 2 rings (SSSR count). The van der Waals surface area contributed by atoms with Gasteiger partial charge in [0.15, 0.2) is 0 Å². The van der Waals surface area contributed by atoms with E-state index in [-0.39, 0.29) is 5.75 Å². The molecule has 0 aliphatic rings. The van der Waals surface area contributed by atoms with Gasteiger partial charge in [0.25, 0.3) is 0 Å². The molecule has 3 heteroatoms. The summed E-state index contributed by atoms with van der Waals surface area (Å²) < 4.78 is 1.01. The minimum atomic E-state index is 0.269. The summed E-state index contributed by atoms with van der Waals surface area (Å²) in [4.78, 5) is 0. The molecule has 1 N–H and O–H groups in total. The van der Waals surface area contributed by atoms with Gasteiger partial charge in [-0.2, -0.15) is 5.26 Å². The smallest absolute Gasteiger partial charge is 0.119 e. The molecule has 0 bridgehead atoms. The summed E-state index contributed by atoms with van der Waals surface area (Å²) in [5.74, 6) is 0.269. The second-order valence-electron chi connectivity index (χ2n) is 3.59. The molecule has 0 amide bonds. The largest absolute Gasteiger partial charge is 0.508 e. The number of aromatic hydroxyl groups is 1. The van der Waals surface area contributed by atoms with Crippen molar-refractivity contribution in [1.29, 1.82) is 5.26 Å². The number of phenols is 1. The molecule has 2 nitrogen and oxygen atoms in total. The molecule has 2 aromatic rings. The molecule has 0 aliphatic heterocycles. The summed E-state index contributed by atoms with van der Waals surface area (Å²) in [5.41, 5.74) is 0.853. The van der Waals surface area contributed by atoms with Gasteiger partial charge in [0.2, 0.25) is 0 Å². The fourth-order valence-electron chi connectivity index (χ4n) is 1.80. The molecule has 0 saturated carbocycles. The van der Waals surface area contributed by atoms with Gasteiger partial charge >= 0.3 is 0 Å². The monoisotopic (exact) mass is 275 g/mol. The van der Waals surface area contributed by atoms with E-state index in [9.17, 15) is 5.11 Å². The van der Waals surface area contributed by atoms with Crippen molar-refractivity contribution in [3.05, 3.63) is 40.4 Å². The zero-order chi connectivity index (χ0) is 11.5. The van der Waals surface area contributed by atoms with Gasteiger partial charge in [-0.15, -0.1) is 0 Å². The van der Waals surface area contributed by atoms with E-state index in [2.05, 4.69) is 22.0 Å². The highest BCUT2D eigenvalue weighted by molar-refractivity contribution is 9.10. The second-order valence-corrected chi connectivity index (χ2v) is 4.50. The summed E-state index contributed by atoms with van der Waals surface area (Å²) in [5, 5.41) is 20.5. The first-order valence-electron chi connectivity index (χ1n) is 4.99. The Labute approximate surface area is 102 Å². The molecule has 2 aromatic carbocycles. The van der Waals surface area contributed by atoms with Crippen LogP contribution in [0.1, 0.15) is 12.0 Å². The van der Waals surface area contributed by atoms with Gasteiger partial charge in [0.1, 0.15) is 5.75 Å². The third kappa shape index (κ3) is 2.02. The van der Waals surface area contributed by atoms with E-state index in [1.807, 2.05) is 24.3 Å². The predicted molar refractivity (Wildman–Crippen MR) is 67.2 cm³/mol. The van der Waals surface area contributed by atoms with E-state index in [1.165, 1.54) is 0 Å². The Morgan fingerprint density at radius 2 is 2.06 bits per heavy atom. The summed E-state index contributed by atoms with van der Waals surface area (Å²) in [6, 6.07) is 11.6. The Morgan fingerprint density at radius 1 is 1.25 bits per heavy atom. The van der Waals surface area contributed by atoms with Crippen molar-refractivity contribution in [3.63, 3.8) is 0 Å². The van der Waals surface area contributed by atoms with Crippen LogP contribution in [-0.4, -0.2) is 5.11 Å². The van der Waals surface area contributed by atoms with Gasteiger partial charge in [0.05, 0.1) is 6.07 Å². The number of hydrogen-bond acceptors (Lipinski definition) is 2. The fraction of sp³-hybridized carbons (Fsp3) is 0.154. The first-order chi connectivity index (χ1) is 7.72. The van der Waals surface area contributed by atoms with Crippen LogP contribution in [-0.2, 0) is 6.42 Å². The lowest BCUT2D eigenvalue weighted by molar-refractivity contribution is 0.469. The van der Waals surface area contributed by atoms with Crippen LogP contribution < -0.4 is 0 Å². The Hall–Kier alpha value is -1.53. The van der Waals surface area contributed by atoms with Crippen molar-refractivity contribution < 1.29 is 5.11 Å². The first-order valence-corrected chi connectivity index (χ1v) is 5.79. The van der Waals surface area contributed by atoms with Gasteiger partial charge in [-0.1, -0.05) is 28.1 Å². The highest BCUT2D eigenvalue weighted by Gasteiger charge is 2.06. The normalized spacial score (nSPS) is 10.2. The molecule has 0 saturated heterocycles. The minimum absolute atomic E-state index is 0.269. The van der Waals surface area contributed by atoms with Crippen molar-refractivity contribution in [2.24, 2.45) is 0 Å². The Morgan fingerprint density at radius 3 is 2.81 bits per heavy atom. The summed E-state index contributed by atoms with van der Waals surface area (Å²) in [7, 11) is 0. The van der Waals surface area contributed by atoms with Gasteiger partial charge in [0, 0.05) is 16.5 Å². The van der Waals surface area contributed by atoms with Crippen molar-refractivity contribution in [2.75, 3.05) is 0 Å². The molecule has 0 heterocycles. The standard InChI is InChI=1S/C13H10BrNO/c14-10-4-5-11-9(8-10)3-6-13(16)12(11)2-1-7-15/h3-6,8,16H,1-2H2. The molecule has 16 heavy (non-hydrogen) atoms. The third-order valence-corrected chi connectivity index (χ3v) is 3.05. The molecular weight excluding hydrogens is 266 g/mol. The highest BCUT2D eigenvalue weighted by atomic mass is 79.9. The van der Waals surface area contributed by atoms with Crippen LogP contribution in [0, 0.1) is 11.3 Å². The van der Waals surface area contributed by atoms with Crippen LogP contribution in [0.4, 0.5) is 0 Å². The number of fused-ring (bicyclic) bond motifs is 1. The maximum atomic E-state index is 9.78. The summed E-state index contributed by atoms with van der Waals surface area (Å²) >= 11 is 3.41. The van der Waals surface area contributed by atoms with E-state index < -0.39 is 0 Å². The van der Waals surface area contributed by atoms with Crippen LogP contribution in [0.5, 0.6) is 5.75 Å². The topological polar surface area (TPSA) is 44.0 Å². The van der Waals surface area contributed by atoms with Gasteiger partial charge in [-0.25, -0.2) is 0 Å². The zero-order valence-electron chi connectivity index (χ0n) is 8.57. The molecule has 0 unspecified atom stereocenters. The molecule has 0 atom stereocenters. The SMILES string of the molecule is N#CCCc1c(O)ccc2cc(Br)ccc12. The number of nitrogens with zero attached hydrogens (tertiary/aromatic N) is 1. The minimum Gasteiger partial charge on any atom is -0.508 e. The number of hydrogen-bond donors (Lipinski definition) is 1. The van der Waals surface area contributed by atoms with Crippen LogP contribution in [0.25, 0.3) is 10.8 Å². The van der Waals surface area contributed by atoms with E-state index in [4.69, 9.17) is 5.26 Å². The molecule has 0 spiro atoms. The summed E-state index contributed by atoms with van der Waals surface area (Å²) in [6.07, 6.45) is 1.00. The van der Waals surface area contributed by atoms with E-state index in [1.54, 1.807) is 6.07 Å². The second kappa shape index (κ2) is 4.54.